The molecule has 1 aliphatic rings. The summed E-state index contributed by atoms with van der Waals surface area (Å²) in [4.78, 5) is 24.5. The van der Waals surface area contributed by atoms with E-state index in [1.165, 1.54) is 41.7 Å². The van der Waals surface area contributed by atoms with Crippen LogP contribution in [0.4, 0.5) is 5.69 Å². The Morgan fingerprint density at radius 3 is 2.18 bits per heavy atom. The molecule has 6 heteroatoms. The molecule has 6 rings (SSSR count). The highest BCUT2D eigenvalue weighted by molar-refractivity contribution is 7.19. The van der Waals surface area contributed by atoms with E-state index >= 15 is 0 Å². The summed E-state index contributed by atoms with van der Waals surface area (Å²) in [5.74, 6) is 0.129. The monoisotopic (exact) mass is 522 g/mol. The van der Waals surface area contributed by atoms with E-state index in [4.69, 9.17) is 4.98 Å². The number of rotatable bonds is 7. The van der Waals surface area contributed by atoms with E-state index in [2.05, 4.69) is 95.1 Å². The fourth-order valence-electron chi connectivity index (χ4n) is 5.74. The van der Waals surface area contributed by atoms with Crippen molar-refractivity contribution in [3.63, 3.8) is 0 Å². The van der Waals surface area contributed by atoms with Crippen LogP contribution in [0, 0.1) is 6.92 Å². The Labute approximate surface area is 228 Å². The van der Waals surface area contributed by atoms with Crippen molar-refractivity contribution in [2.24, 2.45) is 0 Å². The van der Waals surface area contributed by atoms with E-state index in [-0.39, 0.29) is 5.91 Å². The first-order chi connectivity index (χ1) is 18.6. The molecule has 194 valence electrons. The normalized spacial score (nSPS) is 14.3. The van der Waals surface area contributed by atoms with Gasteiger partial charge in [-0.3, -0.25) is 9.20 Å². The van der Waals surface area contributed by atoms with Gasteiger partial charge in [-0.1, -0.05) is 91.3 Å². The zero-order valence-corrected chi connectivity index (χ0v) is 23.0. The van der Waals surface area contributed by atoms with Crippen LogP contribution in [0.2, 0.25) is 0 Å². The third-order valence-corrected chi connectivity index (χ3v) is 9.03. The van der Waals surface area contributed by atoms with Gasteiger partial charge in [0.05, 0.1) is 11.0 Å². The third kappa shape index (κ3) is 4.81. The zero-order chi connectivity index (χ0) is 26.1. The highest BCUT2D eigenvalue weighted by Crippen LogP contribution is 2.33. The molecular formula is C32H34N4OS. The number of hydrogen-bond acceptors (Lipinski definition) is 4. The molecule has 0 bridgehead atoms. The fourth-order valence-corrected chi connectivity index (χ4v) is 6.86. The lowest BCUT2D eigenvalue weighted by Gasteiger charge is -2.31. The van der Waals surface area contributed by atoms with Crippen molar-refractivity contribution in [1.82, 2.24) is 14.3 Å². The molecule has 0 radical (unpaired) electrons. The Kier molecular flexibility index (Phi) is 6.90. The molecule has 1 saturated carbocycles. The van der Waals surface area contributed by atoms with Gasteiger partial charge in [0.1, 0.15) is 4.88 Å². The van der Waals surface area contributed by atoms with Gasteiger partial charge in [-0.05, 0) is 49.1 Å². The number of amides is 1. The molecular weight excluding hydrogens is 488 g/mol. The van der Waals surface area contributed by atoms with Gasteiger partial charge in [-0.25, -0.2) is 4.98 Å². The van der Waals surface area contributed by atoms with Crippen LogP contribution in [0.25, 0.3) is 16.0 Å². The maximum Gasteiger partial charge on any atom is 0.265 e. The van der Waals surface area contributed by atoms with Crippen molar-refractivity contribution in [3.05, 3.63) is 101 Å². The van der Waals surface area contributed by atoms with E-state index < -0.39 is 0 Å². The van der Waals surface area contributed by atoms with Crippen LogP contribution in [-0.4, -0.2) is 33.3 Å². The number of aromatic nitrogens is 2. The van der Waals surface area contributed by atoms with Crippen LogP contribution in [0.5, 0.6) is 0 Å². The molecule has 3 aromatic carbocycles. The van der Waals surface area contributed by atoms with Crippen LogP contribution >= 0.6 is 11.3 Å². The number of aryl methyl sites for hydroxylation is 1. The molecule has 2 heterocycles. The van der Waals surface area contributed by atoms with Gasteiger partial charge in [-0.15, -0.1) is 0 Å². The van der Waals surface area contributed by atoms with Crippen molar-refractivity contribution in [2.45, 2.75) is 58.2 Å². The van der Waals surface area contributed by atoms with E-state index in [0.29, 0.717) is 6.04 Å². The summed E-state index contributed by atoms with van der Waals surface area (Å²) in [5, 5.41) is 0. The molecule has 0 saturated heterocycles. The average molecular weight is 523 g/mol. The lowest BCUT2D eigenvalue weighted by molar-refractivity contribution is 0.0700. The van der Waals surface area contributed by atoms with Gasteiger partial charge in [0.25, 0.3) is 5.91 Å². The van der Waals surface area contributed by atoms with Crippen molar-refractivity contribution < 1.29 is 4.79 Å². The molecule has 1 fully saturated rings. The largest absolute Gasteiger partial charge is 0.363 e. The van der Waals surface area contributed by atoms with Crippen molar-refractivity contribution in [2.75, 3.05) is 11.9 Å². The van der Waals surface area contributed by atoms with E-state index in [9.17, 15) is 4.79 Å². The van der Waals surface area contributed by atoms with E-state index in [1.807, 2.05) is 11.9 Å². The standard InChI is InChI=1S/C32H34N4OS/c1-23-30(31(37)34(2)26-16-10-5-11-17-26)38-32-33-28-19-18-27(20-29(28)36(23)32)35(21-24-12-6-3-7-13-24)22-25-14-8-4-9-15-25/h3-4,6-9,12-15,18-20,26H,5,10-11,16-17,21-22H2,1-2H3. The van der Waals surface area contributed by atoms with Crippen LogP contribution in [-0.2, 0) is 13.1 Å². The highest BCUT2D eigenvalue weighted by Gasteiger charge is 2.27. The Bertz CT molecular complexity index is 1510. The smallest absolute Gasteiger partial charge is 0.265 e. The minimum absolute atomic E-state index is 0.129. The van der Waals surface area contributed by atoms with E-state index in [0.717, 1.165) is 58.2 Å². The summed E-state index contributed by atoms with van der Waals surface area (Å²) in [6.07, 6.45) is 5.92. The Morgan fingerprint density at radius 2 is 1.55 bits per heavy atom. The Balaban J connectivity index is 1.37. The van der Waals surface area contributed by atoms with Crippen molar-refractivity contribution >= 4 is 38.9 Å². The predicted octanol–water partition coefficient (Wildman–Crippen LogP) is 7.47. The first-order valence-electron chi connectivity index (χ1n) is 13.6. The number of benzene rings is 3. The number of nitrogens with zero attached hydrogens (tertiary/aromatic N) is 4. The minimum Gasteiger partial charge on any atom is -0.363 e. The third-order valence-electron chi connectivity index (χ3n) is 7.90. The first kappa shape index (κ1) is 24.7. The Hall–Kier alpha value is -3.64. The molecule has 0 aliphatic heterocycles. The summed E-state index contributed by atoms with van der Waals surface area (Å²) in [6, 6.07) is 28.1. The number of imidazole rings is 1. The van der Waals surface area contributed by atoms with Crippen molar-refractivity contribution in [1.29, 1.82) is 0 Å². The summed E-state index contributed by atoms with van der Waals surface area (Å²) in [6.45, 7) is 3.67. The van der Waals surface area contributed by atoms with Crippen LogP contribution in [0.15, 0.2) is 78.9 Å². The van der Waals surface area contributed by atoms with Gasteiger partial charge < -0.3 is 9.80 Å². The molecule has 5 aromatic rings. The van der Waals surface area contributed by atoms with Crippen LogP contribution < -0.4 is 4.90 Å². The summed E-state index contributed by atoms with van der Waals surface area (Å²) in [5.41, 5.74) is 6.68. The van der Waals surface area contributed by atoms with Crippen LogP contribution in [0.1, 0.15) is 58.6 Å². The van der Waals surface area contributed by atoms with Gasteiger partial charge in [0.2, 0.25) is 0 Å². The average Bonchev–Trinajstić information content (AvgIpc) is 3.49. The lowest BCUT2D eigenvalue weighted by atomic mass is 9.94. The molecule has 5 nitrogen and oxygen atoms in total. The second-order valence-corrected chi connectivity index (χ2v) is 11.4. The maximum absolute atomic E-state index is 13.5. The zero-order valence-electron chi connectivity index (χ0n) is 22.1. The summed E-state index contributed by atoms with van der Waals surface area (Å²) in [7, 11) is 1.97. The second-order valence-electron chi connectivity index (χ2n) is 10.5. The number of carbonyl (C=O) groups is 1. The van der Waals surface area contributed by atoms with Gasteiger partial charge in [0.15, 0.2) is 4.96 Å². The first-order valence-corrected chi connectivity index (χ1v) is 14.4. The second kappa shape index (κ2) is 10.6. The molecule has 38 heavy (non-hydrogen) atoms. The van der Waals surface area contributed by atoms with Gasteiger partial charge >= 0.3 is 0 Å². The molecule has 1 aliphatic carbocycles. The SMILES string of the molecule is Cc1c(C(=O)N(C)C2CCCCC2)sc2nc3ccc(N(Cc4ccccc4)Cc4ccccc4)cc3n12. The number of hydrogen-bond donors (Lipinski definition) is 0. The fraction of sp³-hybridized carbons (Fsp3) is 0.312. The summed E-state index contributed by atoms with van der Waals surface area (Å²) >= 11 is 1.52. The van der Waals surface area contributed by atoms with Gasteiger partial charge in [0, 0.05) is 37.6 Å². The molecule has 0 unspecified atom stereocenters. The number of carbonyl (C=O) groups excluding carboxylic acids is 1. The topological polar surface area (TPSA) is 40.9 Å². The quantitative estimate of drug-likeness (QED) is 0.223. The highest BCUT2D eigenvalue weighted by atomic mass is 32.1. The minimum atomic E-state index is 0.129. The molecule has 1 amide bonds. The Morgan fingerprint density at radius 1 is 0.921 bits per heavy atom. The molecule has 0 spiro atoms. The van der Waals surface area contributed by atoms with Crippen LogP contribution in [0.3, 0.4) is 0 Å². The maximum atomic E-state index is 13.5. The predicted molar refractivity (Wildman–Crippen MR) is 157 cm³/mol. The number of anilines is 1. The molecule has 0 atom stereocenters. The van der Waals surface area contributed by atoms with Gasteiger partial charge in [-0.2, -0.15) is 0 Å². The molecule has 0 N–H and O–H groups in total. The number of thiazole rings is 1. The van der Waals surface area contributed by atoms with E-state index in [1.54, 1.807) is 0 Å². The summed E-state index contributed by atoms with van der Waals surface area (Å²) < 4.78 is 2.18. The van der Waals surface area contributed by atoms with Crippen molar-refractivity contribution in [3.8, 4) is 0 Å². The molecule has 2 aromatic heterocycles. The number of fused-ring (bicyclic) bond motifs is 3. The lowest BCUT2D eigenvalue weighted by Crippen LogP contribution is -2.38.